The Labute approximate surface area is 168 Å². The predicted octanol–water partition coefficient (Wildman–Crippen LogP) is 4.23. The summed E-state index contributed by atoms with van der Waals surface area (Å²) < 4.78 is 5.23. The Morgan fingerprint density at radius 2 is 1.54 bits per heavy atom. The lowest BCUT2D eigenvalue weighted by Crippen LogP contribution is -2.35. The molecule has 1 aromatic carbocycles. The van der Waals surface area contributed by atoms with Crippen molar-refractivity contribution >= 4 is 17.4 Å². The Morgan fingerprint density at radius 1 is 0.893 bits per heavy atom. The number of hydrogen-bond donors (Lipinski definition) is 0. The molecule has 1 fully saturated rings. The number of imide groups is 1. The van der Waals surface area contributed by atoms with Gasteiger partial charge in [-0.15, -0.1) is 0 Å². The third-order valence-electron chi connectivity index (χ3n) is 5.68. The van der Waals surface area contributed by atoms with Crippen molar-refractivity contribution < 1.29 is 14.3 Å². The Kier molecular flexibility index (Phi) is 7.12. The molecule has 2 amide bonds. The van der Waals surface area contributed by atoms with Gasteiger partial charge in [-0.1, -0.05) is 51.2 Å². The molecule has 5 nitrogen and oxygen atoms in total. The van der Waals surface area contributed by atoms with Gasteiger partial charge in [0.1, 0.15) is 11.4 Å². The molecule has 0 saturated carbocycles. The first-order valence-corrected chi connectivity index (χ1v) is 10.7. The number of carbonyl (C=O) groups is 2. The van der Waals surface area contributed by atoms with Crippen LogP contribution in [-0.2, 0) is 9.59 Å². The topological polar surface area (TPSA) is 49.9 Å². The number of unbranched alkanes of at least 4 members (excludes halogenated alkanes) is 5. The van der Waals surface area contributed by atoms with Gasteiger partial charge < -0.3 is 9.64 Å². The molecular formula is C23H32N2O3. The Morgan fingerprint density at radius 3 is 2.18 bits per heavy atom. The van der Waals surface area contributed by atoms with Crippen LogP contribution in [0.4, 0.5) is 0 Å². The maximum Gasteiger partial charge on any atom is 0.277 e. The van der Waals surface area contributed by atoms with Crippen molar-refractivity contribution in [2.45, 2.75) is 58.3 Å². The quantitative estimate of drug-likeness (QED) is 0.447. The summed E-state index contributed by atoms with van der Waals surface area (Å²) in [5, 5.41) is 0. The fourth-order valence-corrected chi connectivity index (χ4v) is 4.07. The normalized spacial score (nSPS) is 17.2. The number of nitrogens with zero attached hydrogens (tertiary/aromatic N) is 2. The first-order valence-electron chi connectivity index (χ1n) is 10.7. The van der Waals surface area contributed by atoms with Gasteiger partial charge in [0.15, 0.2) is 0 Å². The number of carbonyl (C=O) groups excluding carboxylic acids is 2. The van der Waals surface area contributed by atoms with E-state index in [0.29, 0.717) is 17.8 Å². The minimum absolute atomic E-state index is 0.119. The van der Waals surface area contributed by atoms with E-state index in [1.807, 2.05) is 24.3 Å². The second-order valence-corrected chi connectivity index (χ2v) is 7.68. The summed E-state index contributed by atoms with van der Waals surface area (Å²) in [5.41, 5.74) is 1.95. The summed E-state index contributed by atoms with van der Waals surface area (Å²) in [5.74, 6) is 0.477. The summed E-state index contributed by atoms with van der Waals surface area (Å²) in [6, 6.07) is 7.45. The van der Waals surface area contributed by atoms with Gasteiger partial charge in [0.05, 0.1) is 12.7 Å². The molecule has 0 aliphatic carbocycles. The maximum absolute atomic E-state index is 13.2. The number of likely N-dealkylation sites (tertiary alicyclic amines) is 1. The average Bonchev–Trinajstić information content (AvgIpc) is 3.32. The second kappa shape index (κ2) is 9.76. The molecule has 1 aromatic rings. The van der Waals surface area contributed by atoms with Crippen molar-refractivity contribution in [1.29, 1.82) is 0 Å². The summed E-state index contributed by atoms with van der Waals surface area (Å²) in [6.07, 6.45) is 8.95. The fraction of sp³-hybridized carbons (Fsp3) is 0.565. The highest BCUT2D eigenvalue weighted by atomic mass is 16.5. The van der Waals surface area contributed by atoms with Crippen LogP contribution in [0, 0.1) is 0 Å². The van der Waals surface area contributed by atoms with Gasteiger partial charge in [-0.2, -0.15) is 0 Å². The lowest BCUT2D eigenvalue weighted by Gasteiger charge is -2.20. The van der Waals surface area contributed by atoms with Crippen molar-refractivity contribution in [1.82, 2.24) is 9.80 Å². The van der Waals surface area contributed by atoms with Crippen LogP contribution in [0.3, 0.4) is 0 Å². The first kappa shape index (κ1) is 20.4. The number of hydrogen-bond acceptors (Lipinski definition) is 4. The molecule has 5 heteroatoms. The van der Waals surface area contributed by atoms with Gasteiger partial charge >= 0.3 is 0 Å². The maximum atomic E-state index is 13.2. The molecule has 0 bridgehead atoms. The van der Waals surface area contributed by atoms with Crippen LogP contribution in [0.25, 0.3) is 5.57 Å². The third-order valence-corrected chi connectivity index (χ3v) is 5.68. The minimum atomic E-state index is -0.148. The highest BCUT2D eigenvalue weighted by Crippen LogP contribution is 2.34. The van der Waals surface area contributed by atoms with Gasteiger partial charge in [0, 0.05) is 19.6 Å². The number of ether oxygens (including phenoxy) is 1. The number of benzene rings is 1. The molecule has 3 rings (SSSR count). The van der Waals surface area contributed by atoms with E-state index in [9.17, 15) is 9.59 Å². The smallest absolute Gasteiger partial charge is 0.277 e. The molecule has 1 saturated heterocycles. The van der Waals surface area contributed by atoms with E-state index in [1.165, 1.54) is 30.6 Å². The molecular weight excluding hydrogens is 352 g/mol. The average molecular weight is 385 g/mol. The molecule has 28 heavy (non-hydrogen) atoms. The summed E-state index contributed by atoms with van der Waals surface area (Å²) >= 11 is 0. The molecule has 0 aromatic heterocycles. The molecule has 0 unspecified atom stereocenters. The number of rotatable bonds is 10. The minimum Gasteiger partial charge on any atom is -0.497 e. The Bertz CT molecular complexity index is 718. The standard InChI is InChI=1S/C23H32N2O3/c1-3-4-5-6-7-8-17-25-22(26)20(18-11-13-19(28-2)14-12-18)21(23(25)27)24-15-9-10-16-24/h11-14H,3-10,15-17H2,1-2H3. The molecule has 2 heterocycles. The van der Waals surface area contributed by atoms with Gasteiger partial charge in [-0.3, -0.25) is 14.5 Å². The molecule has 2 aliphatic rings. The zero-order valence-electron chi connectivity index (χ0n) is 17.2. The van der Waals surface area contributed by atoms with Crippen molar-refractivity contribution in [2.24, 2.45) is 0 Å². The molecule has 2 aliphatic heterocycles. The predicted molar refractivity (Wildman–Crippen MR) is 111 cm³/mol. The lowest BCUT2D eigenvalue weighted by molar-refractivity contribution is -0.137. The molecule has 152 valence electrons. The lowest BCUT2D eigenvalue weighted by atomic mass is 10.0. The van der Waals surface area contributed by atoms with Crippen molar-refractivity contribution in [2.75, 3.05) is 26.7 Å². The van der Waals surface area contributed by atoms with E-state index >= 15 is 0 Å². The van der Waals surface area contributed by atoms with Gasteiger partial charge in [-0.25, -0.2) is 0 Å². The van der Waals surface area contributed by atoms with Crippen LogP contribution in [0.15, 0.2) is 30.0 Å². The Hall–Kier alpha value is -2.30. The van der Waals surface area contributed by atoms with Crippen LogP contribution in [0.1, 0.15) is 63.9 Å². The van der Waals surface area contributed by atoms with Crippen LogP contribution < -0.4 is 4.74 Å². The van der Waals surface area contributed by atoms with Gasteiger partial charge in [-0.05, 0) is 37.0 Å². The molecule has 0 spiro atoms. The Balaban J connectivity index is 1.77. The molecule has 0 N–H and O–H groups in total. The van der Waals surface area contributed by atoms with E-state index in [-0.39, 0.29) is 11.8 Å². The third kappa shape index (κ3) is 4.40. The van der Waals surface area contributed by atoms with Gasteiger partial charge in [0.2, 0.25) is 0 Å². The fourth-order valence-electron chi connectivity index (χ4n) is 4.07. The zero-order valence-corrected chi connectivity index (χ0v) is 17.2. The second-order valence-electron chi connectivity index (χ2n) is 7.68. The van der Waals surface area contributed by atoms with E-state index in [2.05, 4.69) is 11.8 Å². The zero-order chi connectivity index (χ0) is 19.9. The van der Waals surface area contributed by atoms with Crippen molar-refractivity contribution in [3.8, 4) is 5.75 Å². The highest BCUT2D eigenvalue weighted by molar-refractivity contribution is 6.35. The monoisotopic (exact) mass is 384 g/mol. The van der Waals surface area contributed by atoms with Crippen LogP contribution in [0.5, 0.6) is 5.75 Å². The highest BCUT2D eigenvalue weighted by Gasteiger charge is 2.41. The van der Waals surface area contributed by atoms with Crippen LogP contribution in [-0.4, -0.2) is 48.4 Å². The summed E-state index contributed by atoms with van der Waals surface area (Å²) in [6.45, 7) is 4.41. The van der Waals surface area contributed by atoms with Crippen LogP contribution >= 0.6 is 0 Å². The molecule has 0 atom stereocenters. The first-order chi connectivity index (χ1) is 13.7. The largest absolute Gasteiger partial charge is 0.497 e. The van der Waals surface area contributed by atoms with Crippen molar-refractivity contribution in [3.05, 3.63) is 35.5 Å². The summed E-state index contributed by atoms with van der Waals surface area (Å²) in [4.78, 5) is 29.9. The van der Waals surface area contributed by atoms with Crippen LogP contribution in [0.2, 0.25) is 0 Å². The van der Waals surface area contributed by atoms with E-state index in [0.717, 1.165) is 50.1 Å². The number of amides is 2. The van der Waals surface area contributed by atoms with E-state index in [1.54, 1.807) is 7.11 Å². The molecule has 0 radical (unpaired) electrons. The SMILES string of the molecule is CCCCCCCCN1C(=O)C(c2ccc(OC)cc2)=C(N2CCCC2)C1=O. The van der Waals surface area contributed by atoms with Gasteiger partial charge in [0.25, 0.3) is 11.8 Å². The van der Waals surface area contributed by atoms with Crippen molar-refractivity contribution in [3.63, 3.8) is 0 Å². The number of methoxy groups -OCH3 is 1. The van der Waals surface area contributed by atoms with E-state index < -0.39 is 0 Å². The van der Waals surface area contributed by atoms with E-state index in [4.69, 9.17) is 4.74 Å². The summed E-state index contributed by atoms with van der Waals surface area (Å²) in [7, 11) is 1.62.